The highest BCUT2D eigenvalue weighted by Crippen LogP contribution is 2.35. The van der Waals surface area contributed by atoms with Crippen LogP contribution < -0.4 is 5.32 Å². The molecule has 1 aromatic carbocycles. The summed E-state index contributed by atoms with van der Waals surface area (Å²) < 4.78 is 8.62. The summed E-state index contributed by atoms with van der Waals surface area (Å²) in [6.07, 6.45) is 2.29. The molecule has 16 heavy (non-hydrogen) atoms. The van der Waals surface area contributed by atoms with Gasteiger partial charge in [0, 0.05) is 26.1 Å². The van der Waals surface area contributed by atoms with Gasteiger partial charge in [-0.05, 0) is 56.8 Å². The normalized spacial score (nSPS) is 20.8. The van der Waals surface area contributed by atoms with Crippen molar-refractivity contribution in [1.29, 1.82) is 0 Å². The second kappa shape index (κ2) is 5.85. The molecule has 2 nitrogen and oxygen atoms in total. The standard InChI is InChI=1S/C11H12Br3NO/c12-7-4-9(13)11(10(14)5-7)15-8-2-1-3-16-6-8/h4-5,8,15H,1-3,6H2. The second-order valence-electron chi connectivity index (χ2n) is 3.80. The summed E-state index contributed by atoms with van der Waals surface area (Å²) >= 11 is 10.6. The molecule has 0 bridgehead atoms. The molecule has 1 aromatic rings. The van der Waals surface area contributed by atoms with Crippen molar-refractivity contribution in [3.63, 3.8) is 0 Å². The third-order valence-corrected chi connectivity index (χ3v) is 4.22. The van der Waals surface area contributed by atoms with Crippen LogP contribution >= 0.6 is 47.8 Å². The van der Waals surface area contributed by atoms with E-state index in [4.69, 9.17) is 4.74 Å². The predicted octanol–water partition coefficient (Wildman–Crippen LogP) is 4.57. The molecule has 1 unspecified atom stereocenters. The van der Waals surface area contributed by atoms with Crippen molar-refractivity contribution < 1.29 is 4.74 Å². The summed E-state index contributed by atoms with van der Waals surface area (Å²) in [5.41, 5.74) is 1.10. The monoisotopic (exact) mass is 411 g/mol. The largest absolute Gasteiger partial charge is 0.379 e. The zero-order chi connectivity index (χ0) is 11.5. The summed E-state index contributed by atoms with van der Waals surface area (Å²) in [5, 5.41) is 3.51. The van der Waals surface area contributed by atoms with E-state index in [1.54, 1.807) is 0 Å². The molecule has 0 amide bonds. The molecule has 5 heteroatoms. The molecule has 2 rings (SSSR count). The maximum atomic E-state index is 5.46. The molecule has 0 saturated carbocycles. The van der Waals surface area contributed by atoms with Gasteiger partial charge in [0.1, 0.15) is 0 Å². The Morgan fingerprint density at radius 3 is 2.44 bits per heavy atom. The van der Waals surface area contributed by atoms with Crippen LogP contribution in [0, 0.1) is 0 Å². The molecule has 1 saturated heterocycles. The quantitative estimate of drug-likeness (QED) is 0.767. The zero-order valence-electron chi connectivity index (χ0n) is 8.60. The minimum absolute atomic E-state index is 0.405. The van der Waals surface area contributed by atoms with Crippen LogP contribution in [0.4, 0.5) is 5.69 Å². The van der Waals surface area contributed by atoms with Crippen LogP contribution in [0.15, 0.2) is 25.6 Å². The maximum Gasteiger partial charge on any atom is 0.0667 e. The Morgan fingerprint density at radius 2 is 1.88 bits per heavy atom. The van der Waals surface area contributed by atoms with Gasteiger partial charge >= 0.3 is 0 Å². The minimum atomic E-state index is 0.405. The smallest absolute Gasteiger partial charge is 0.0667 e. The van der Waals surface area contributed by atoms with Crippen molar-refractivity contribution in [2.24, 2.45) is 0 Å². The first-order chi connectivity index (χ1) is 7.66. The second-order valence-corrected chi connectivity index (χ2v) is 6.43. The van der Waals surface area contributed by atoms with Gasteiger partial charge in [-0.15, -0.1) is 0 Å². The molecule has 0 aliphatic carbocycles. The number of anilines is 1. The highest BCUT2D eigenvalue weighted by Gasteiger charge is 2.16. The topological polar surface area (TPSA) is 21.3 Å². The van der Waals surface area contributed by atoms with Crippen LogP contribution in [-0.4, -0.2) is 19.3 Å². The molecule has 0 radical (unpaired) electrons. The number of hydrogen-bond donors (Lipinski definition) is 1. The molecule has 0 aromatic heterocycles. The average Bonchev–Trinajstić information content (AvgIpc) is 2.25. The lowest BCUT2D eigenvalue weighted by Crippen LogP contribution is -2.30. The fourth-order valence-electron chi connectivity index (χ4n) is 1.74. The predicted molar refractivity (Wildman–Crippen MR) is 77.0 cm³/mol. The molecule has 1 N–H and O–H groups in total. The summed E-state index contributed by atoms with van der Waals surface area (Å²) in [7, 11) is 0. The van der Waals surface area contributed by atoms with E-state index in [0.717, 1.165) is 45.2 Å². The number of hydrogen-bond acceptors (Lipinski definition) is 2. The molecule has 1 heterocycles. The van der Waals surface area contributed by atoms with E-state index in [1.165, 1.54) is 0 Å². The minimum Gasteiger partial charge on any atom is -0.379 e. The van der Waals surface area contributed by atoms with Gasteiger partial charge in [0.05, 0.1) is 12.3 Å². The van der Waals surface area contributed by atoms with Gasteiger partial charge in [0.2, 0.25) is 0 Å². The van der Waals surface area contributed by atoms with E-state index in [1.807, 2.05) is 12.1 Å². The highest BCUT2D eigenvalue weighted by atomic mass is 79.9. The molecule has 1 fully saturated rings. The van der Waals surface area contributed by atoms with E-state index in [9.17, 15) is 0 Å². The Balaban J connectivity index is 2.14. The van der Waals surface area contributed by atoms with Crippen LogP contribution in [0.3, 0.4) is 0 Å². The lowest BCUT2D eigenvalue weighted by Gasteiger charge is -2.25. The van der Waals surface area contributed by atoms with Gasteiger partial charge < -0.3 is 10.1 Å². The Hall–Kier alpha value is 0.420. The molecule has 0 spiro atoms. The zero-order valence-corrected chi connectivity index (χ0v) is 13.4. The van der Waals surface area contributed by atoms with Gasteiger partial charge in [0.15, 0.2) is 0 Å². The van der Waals surface area contributed by atoms with E-state index >= 15 is 0 Å². The van der Waals surface area contributed by atoms with Crippen LogP contribution in [0.1, 0.15) is 12.8 Å². The number of ether oxygens (including phenoxy) is 1. The fourth-order valence-corrected chi connectivity index (χ4v) is 4.23. The molecule has 1 aliphatic rings. The first-order valence-corrected chi connectivity index (χ1v) is 7.53. The van der Waals surface area contributed by atoms with E-state index < -0.39 is 0 Å². The first-order valence-electron chi connectivity index (χ1n) is 5.15. The SMILES string of the molecule is Brc1cc(Br)c(NC2CCCOC2)c(Br)c1. The van der Waals surface area contributed by atoms with E-state index in [0.29, 0.717) is 6.04 Å². The lowest BCUT2D eigenvalue weighted by molar-refractivity contribution is 0.0876. The van der Waals surface area contributed by atoms with Crippen molar-refractivity contribution in [3.05, 3.63) is 25.6 Å². The lowest BCUT2D eigenvalue weighted by atomic mass is 10.1. The molecular weight excluding hydrogens is 402 g/mol. The number of benzene rings is 1. The van der Waals surface area contributed by atoms with E-state index in [-0.39, 0.29) is 0 Å². The van der Waals surface area contributed by atoms with Crippen molar-refractivity contribution in [2.45, 2.75) is 18.9 Å². The van der Waals surface area contributed by atoms with Gasteiger partial charge in [-0.2, -0.15) is 0 Å². The van der Waals surface area contributed by atoms with Crippen LogP contribution in [0.2, 0.25) is 0 Å². The maximum absolute atomic E-state index is 5.46. The molecule has 1 atom stereocenters. The van der Waals surface area contributed by atoms with Crippen molar-refractivity contribution in [1.82, 2.24) is 0 Å². The Morgan fingerprint density at radius 1 is 1.19 bits per heavy atom. The Bertz CT molecular complexity index is 354. The third-order valence-electron chi connectivity index (χ3n) is 2.52. The van der Waals surface area contributed by atoms with Crippen molar-refractivity contribution in [3.8, 4) is 0 Å². The first kappa shape index (κ1) is 12.9. The molecule has 88 valence electrons. The molecular formula is C11H12Br3NO. The van der Waals surface area contributed by atoms with E-state index in [2.05, 4.69) is 53.1 Å². The number of rotatable bonds is 2. The summed E-state index contributed by atoms with van der Waals surface area (Å²) in [4.78, 5) is 0. The average molecular weight is 414 g/mol. The van der Waals surface area contributed by atoms with Gasteiger partial charge in [-0.3, -0.25) is 0 Å². The van der Waals surface area contributed by atoms with Crippen LogP contribution in [0.25, 0.3) is 0 Å². The number of halogens is 3. The molecule has 1 aliphatic heterocycles. The fraction of sp³-hybridized carbons (Fsp3) is 0.455. The van der Waals surface area contributed by atoms with Gasteiger partial charge in [-0.1, -0.05) is 15.9 Å². The van der Waals surface area contributed by atoms with Crippen molar-refractivity contribution >= 4 is 53.5 Å². The third kappa shape index (κ3) is 3.22. The van der Waals surface area contributed by atoms with Crippen LogP contribution in [0.5, 0.6) is 0 Å². The van der Waals surface area contributed by atoms with Gasteiger partial charge in [-0.25, -0.2) is 0 Å². The van der Waals surface area contributed by atoms with Crippen LogP contribution in [-0.2, 0) is 4.74 Å². The summed E-state index contributed by atoms with van der Waals surface area (Å²) in [6, 6.07) is 4.48. The highest BCUT2D eigenvalue weighted by molar-refractivity contribution is 9.11. The summed E-state index contributed by atoms with van der Waals surface area (Å²) in [5.74, 6) is 0. The Kier molecular flexibility index (Phi) is 4.70. The summed E-state index contributed by atoms with van der Waals surface area (Å²) in [6.45, 7) is 1.68. The van der Waals surface area contributed by atoms with Gasteiger partial charge in [0.25, 0.3) is 0 Å². The van der Waals surface area contributed by atoms with Crippen molar-refractivity contribution in [2.75, 3.05) is 18.5 Å². The number of nitrogens with one attached hydrogen (secondary N) is 1. The Labute approximate surface area is 121 Å².